The predicted molar refractivity (Wildman–Crippen MR) is 147 cm³/mol. The number of nitrogens with two attached hydrogens (primary N) is 1. The lowest BCUT2D eigenvalue weighted by Crippen LogP contribution is -2.34. The van der Waals surface area contributed by atoms with E-state index < -0.39 is 0 Å². The van der Waals surface area contributed by atoms with Crippen LogP contribution in [0.4, 0.5) is 0 Å². The van der Waals surface area contributed by atoms with Gasteiger partial charge in [0.2, 0.25) is 0 Å². The molecule has 3 nitrogen and oxygen atoms in total. The number of hydrogen-bond donors (Lipinski definition) is 2. The maximum absolute atomic E-state index is 5.76. The molecule has 194 valence electrons. The van der Waals surface area contributed by atoms with E-state index in [9.17, 15) is 0 Å². The van der Waals surface area contributed by atoms with E-state index in [1.807, 2.05) is 0 Å². The first-order valence-corrected chi connectivity index (χ1v) is 15.0. The normalized spacial score (nSPS) is 11.6. The molecule has 0 bridgehead atoms. The first kappa shape index (κ1) is 31.9. The van der Waals surface area contributed by atoms with E-state index in [-0.39, 0.29) is 0 Å². The van der Waals surface area contributed by atoms with E-state index >= 15 is 0 Å². The molecule has 0 aliphatic rings. The zero-order valence-corrected chi connectivity index (χ0v) is 22.6. The molecule has 0 fully saturated rings. The molecule has 0 atom stereocenters. The minimum atomic E-state index is 0.820. The van der Waals surface area contributed by atoms with Crippen LogP contribution in [0.2, 0.25) is 0 Å². The summed E-state index contributed by atoms with van der Waals surface area (Å²) in [5.41, 5.74) is 5.76. The Labute approximate surface area is 204 Å². The van der Waals surface area contributed by atoms with Crippen molar-refractivity contribution >= 4 is 0 Å². The topological polar surface area (TPSA) is 41.3 Å². The van der Waals surface area contributed by atoms with Gasteiger partial charge in [0.25, 0.3) is 0 Å². The molecule has 0 aliphatic carbocycles. The standard InChI is InChI=1S/C29H63N3/c1-3-5-7-9-11-13-15-17-19-21-25-31-26-29-32(28-23-24-30)27-22-20-18-16-14-12-10-8-6-4-2/h31H,3-30H2,1-2H3. The molecular formula is C29H63N3. The van der Waals surface area contributed by atoms with E-state index in [1.165, 1.54) is 155 Å². The average molecular weight is 454 g/mol. The van der Waals surface area contributed by atoms with Crippen molar-refractivity contribution < 1.29 is 0 Å². The third-order valence-electron chi connectivity index (χ3n) is 6.82. The number of unbranched alkanes of at least 4 members (excludes halogenated alkanes) is 18. The maximum atomic E-state index is 5.76. The monoisotopic (exact) mass is 454 g/mol. The second-order valence-electron chi connectivity index (χ2n) is 10.1. The Hall–Kier alpha value is -0.120. The molecule has 32 heavy (non-hydrogen) atoms. The fraction of sp³-hybridized carbons (Fsp3) is 1.00. The van der Waals surface area contributed by atoms with Crippen LogP contribution >= 0.6 is 0 Å². The van der Waals surface area contributed by atoms with Gasteiger partial charge in [0.1, 0.15) is 0 Å². The van der Waals surface area contributed by atoms with Gasteiger partial charge in [-0.3, -0.25) is 0 Å². The molecule has 3 heteroatoms. The van der Waals surface area contributed by atoms with Gasteiger partial charge in [-0.25, -0.2) is 0 Å². The maximum Gasteiger partial charge on any atom is 0.0107 e. The highest BCUT2D eigenvalue weighted by Crippen LogP contribution is 2.11. The number of rotatable bonds is 28. The Kier molecular flexibility index (Phi) is 28.8. The van der Waals surface area contributed by atoms with Crippen LogP contribution < -0.4 is 11.1 Å². The Morgan fingerprint density at radius 1 is 0.438 bits per heavy atom. The molecule has 3 N–H and O–H groups in total. The van der Waals surface area contributed by atoms with Crippen LogP contribution in [0, 0.1) is 0 Å². The SMILES string of the molecule is CCCCCCCCCCCCNCCN(CCCN)CCCCCCCCCCCC. The minimum absolute atomic E-state index is 0.820. The summed E-state index contributed by atoms with van der Waals surface area (Å²) >= 11 is 0. The molecule has 0 aliphatic heterocycles. The molecule has 0 aromatic heterocycles. The van der Waals surface area contributed by atoms with E-state index in [1.54, 1.807) is 0 Å². The zero-order valence-electron chi connectivity index (χ0n) is 22.6. The summed E-state index contributed by atoms with van der Waals surface area (Å²) in [6.45, 7) is 11.4. The van der Waals surface area contributed by atoms with Gasteiger partial charge in [-0.05, 0) is 45.4 Å². The van der Waals surface area contributed by atoms with E-state index in [4.69, 9.17) is 5.73 Å². The molecule has 0 amide bonds. The minimum Gasteiger partial charge on any atom is -0.330 e. The first-order chi connectivity index (χ1) is 15.8. The molecular weight excluding hydrogens is 390 g/mol. The van der Waals surface area contributed by atoms with Gasteiger partial charge in [0.05, 0.1) is 0 Å². The zero-order chi connectivity index (χ0) is 23.4. The second-order valence-corrected chi connectivity index (χ2v) is 10.1. The Morgan fingerprint density at radius 3 is 1.31 bits per heavy atom. The smallest absolute Gasteiger partial charge is 0.0107 e. The Balaban J connectivity index is 3.49. The molecule has 0 saturated carbocycles. The highest BCUT2D eigenvalue weighted by atomic mass is 15.1. The first-order valence-electron chi connectivity index (χ1n) is 15.0. The van der Waals surface area contributed by atoms with Crippen LogP contribution in [-0.4, -0.2) is 44.2 Å². The molecule has 0 aromatic carbocycles. The van der Waals surface area contributed by atoms with Crippen molar-refractivity contribution in [2.45, 2.75) is 149 Å². The molecule has 0 unspecified atom stereocenters. The van der Waals surface area contributed by atoms with Crippen LogP contribution in [0.15, 0.2) is 0 Å². The van der Waals surface area contributed by atoms with Crippen molar-refractivity contribution in [3.05, 3.63) is 0 Å². The van der Waals surface area contributed by atoms with Crippen molar-refractivity contribution in [2.75, 3.05) is 39.3 Å². The highest BCUT2D eigenvalue weighted by molar-refractivity contribution is 4.62. The van der Waals surface area contributed by atoms with Crippen molar-refractivity contribution in [2.24, 2.45) is 5.73 Å². The lowest BCUT2D eigenvalue weighted by Gasteiger charge is -2.22. The van der Waals surface area contributed by atoms with Gasteiger partial charge in [-0.15, -0.1) is 0 Å². The Bertz CT molecular complexity index is 322. The van der Waals surface area contributed by atoms with Crippen LogP contribution in [0.5, 0.6) is 0 Å². The van der Waals surface area contributed by atoms with Crippen molar-refractivity contribution in [1.82, 2.24) is 10.2 Å². The van der Waals surface area contributed by atoms with Crippen LogP contribution in [-0.2, 0) is 0 Å². The van der Waals surface area contributed by atoms with E-state index in [0.717, 1.165) is 19.5 Å². The van der Waals surface area contributed by atoms with E-state index in [0.29, 0.717) is 0 Å². The quantitative estimate of drug-likeness (QED) is 0.118. The van der Waals surface area contributed by atoms with Gasteiger partial charge in [0.15, 0.2) is 0 Å². The summed E-state index contributed by atoms with van der Waals surface area (Å²) in [5, 5.41) is 3.68. The fourth-order valence-electron chi connectivity index (χ4n) is 4.57. The highest BCUT2D eigenvalue weighted by Gasteiger charge is 2.04. The molecule has 0 radical (unpaired) electrons. The van der Waals surface area contributed by atoms with Crippen LogP contribution in [0.3, 0.4) is 0 Å². The van der Waals surface area contributed by atoms with Crippen LogP contribution in [0.1, 0.15) is 149 Å². The Morgan fingerprint density at radius 2 is 0.844 bits per heavy atom. The summed E-state index contributed by atoms with van der Waals surface area (Å²) < 4.78 is 0. The summed E-state index contributed by atoms with van der Waals surface area (Å²) in [6.07, 6.45) is 29.5. The summed E-state index contributed by atoms with van der Waals surface area (Å²) in [7, 11) is 0. The van der Waals surface area contributed by atoms with Crippen molar-refractivity contribution in [3.63, 3.8) is 0 Å². The molecule has 0 aromatic rings. The third kappa shape index (κ3) is 26.1. The summed E-state index contributed by atoms with van der Waals surface area (Å²) in [5.74, 6) is 0. The van der Waals surface area contributed by atoms with Gasteiger partial charge >= 0.3 is 0 Å². The van der Waals surface area contributed by atoms with Gasteiger partial charge in [0, 0.05) is 13.1 Å². The lowest BCUT2D eigenvalue weighted by molar-refractivity contribution is 0.264. The molecule has 0 heterocycles. The molecule has 0 rings (SSSR count). The largest absolute Gasteiger partial charge is 0.330 e. The van der Waals surface area contributed by atoms with Gasteiger partial charge in [-0.2, -0.15) is 0 Å². The van der Waals surface area contributed by atoms with Gasteiger partial charge < -0.3 is 16.0 Å². The van der Waals surface area contributed by atoms with Crippen molar-refractivity contribution in [1.29, 1.82) is 0 Å². The summed E-state index contributed by atoms with van der Waals surface area (Å²) in [4.78, 5) is 2.64. The number of hydrogen-bond acceptors (Lipinski definition) is 3. The summed E-state index contributed by atoms with van der Waals surface area (Å²) in [6, 6.07) is 0. The number of nitrogens with zero attached hydrogens (tertiary/aromatic N) is 1. The number of nitrogens with one attached hydrogen (secondary N) is 1. The predicted octanol–water partition coefficient (Wildman–Crippen LogP) is 8.07. The molecule has 0 spiro atoms. The molecule has 0 saturated heterocycles. The second kappa shape index (κ2) is 28.9. The van der Waals surface area contributed by atoms with Crippen LogP contribution in [0.25, 0.3) is 0 Å². The third-order valence-corrected chi connectivity index (χ3v) is 6.82. The van der Waals surface area contributed by atoms with Crippen molar-refractivity contribution in [3.8, 4) is 0 Å². The van der Waals surface area contributed by atoms with Gasteiger partial charge in [-0.1, -0.05) is 129 Å². The lowest BCUT2D eigenvalue weighted by atomic mass is 10.1. The fourth-order valence-corrected chi connectivity index (χ4v) is 4.57. The average Bonchev–Trinajstić information content (AvgIpc) is 2.81. The van der Waals surface area contributed by atoms with E-state index in [2.05, 4.69) is 24.1 Å².